The van der Waals surface area contributed by atoms with Gasteiger partial charge in [0.05, 0.1) is 160 Å². The van der Waals surface area contributed by atoms with Gasteiger partial charge in [-0.1, -0.05) is 6.07 Å². The number of benzene rings is 2. The van der Waals surface area contributed by atoms with Crippen molar-refractivity contribution in [2.45, 2.75) is 19.0 Å². The highest BCUT2D eigenvalue weighted by atomic mass is 19.4. The summed E-state index contributed by atoms with van der Waals surface area (Å²) in [5.41, 5.74) is 2.27. The maximum absolute atomic E-state index is 15.0. The highest BCUT2D eigenvalue weighted by Crippen LogP contribution is 2.39. The van der Waals surface area contributed by atoms with Crippen LogP contribution < -0.4 is 20.6 Å². The van der Waals surface area contributed by atoms with Gasteiger partial charge in [-0.15, -0.1) is 0 Å². The number of aromatic amines is 1. The van der Waals surface area contributed by atoms with Crippen LogP contribution in [-0.2, 0) is 44.1 Å². The first kappa shape index (κ1) is 55.5. The van der Waals surface area contributed by atoms with Crippen molar-refractivity contribution in [2.75, 3.05) is 151 Å². The van der Waals surface area contributed by atoms with Crippen molar-refractivity contribution in [1.82, 2.24) is 24.8 Å². The lowest BCUT2D eigenvalue weighted by atomic mass is 10.0. The number of pyridine rings is 2. The summed E-state index contributed by atoms with van der Waals surface area (Å²) in [5.74, 6) is 0.450. The van der Waals surface area contributed by atoms with E-state index in [0.717, 1.165) is 22.8 Å². The third-order valence-corrected chi connectivity index (χ3v) is 11.0. The second-order valence-electron chi connectivity index (χ2n) is 16.0. The van der Waals surface area contributed by atoms with E-state index < -0.39 is 17.4 Å². The summed E-state index contributed by atoms with van der Waals surface area (Å²) in [7, 11) is 1.53. The molecule has 392 valence electrons. The minimum Gasteiger partial charge on any atom is -0.481 e. The minimum absolute atomic E-state index is 0.00342. The van der Waals surface area contributed by atoms with E-state index in [4.69, 9.17) is 47.7 Å². The van der Waals surface area contributed by atoms with E-state index in [1.165, 1.54) is 36.3 Å². The molecule has 19 nitrogen and oxygen atoms in total. The summed E-state index contributed by atoms with van der Waals surface area (Å²) in [4.78, 5) is 35.7. The normalized spacial score (nSPS) is 15.2. The zero-order valence-corrected chi connectivity index (χ0v) is 40.6. The first-order chi connectivity index (χ1) is 35.3. The van der Waals surface area contributed by atoms with Gasteiger partial charge in [-0.3, -0.25) is 14.5 Å². The van der Waals surface area contributed by atoms with Gasteiger partial charge in [0.1, 0.15) is 0 Å². The first-order valence-electron chi connectivity index (χ1n) is 23.9. The number of aliphatic hydroxyl groups excluding tert-OH is 1. The quantitative estimate of drug-likeness (QED) is 0.0485. The van der Waals surface area contributed by atoms with E-state index >= 15 is 13.2 Å². The fourth-order valence-corrected chi connectivity index (χ4v) is 7.46. The number of aliphatic imine (C=N–C) groups is 2. The number of aliphatic hydroxyl groups is 1. The van der Waals surface area contributed by atoms with E-state index in [0.29, 0.717) is 153 Å². The number of nitrogens with one attached hydrogen (secondary N) is 2. The smallest absolute Gasteiger partial charge is 0.418 e. The summed E-state index contributed by atoms with van der Waals surface area (Å²) >= 11 is 0. The van der Waals surface area contributed by atoms with Crippen molar-refractivity contribution in [3.05, 3.63) is 88.7 Å². The molecule has 3 aromatic heterocycles. The van der Waals surface area contributed by atoms with Crippen LogP contribution in [0.1, 0.15) is 18.4 Å². The molecule has 0 radical (unpaired) electrons. The van der Waals surface area contributed by atoms with Crippen LogP contribution in [-0.4, -0.2) is 183 Å². The Morgan fingerprint density at radius 1 is 0.708 bits per heavy atom. The van der Waals surface area contributed by atoms with E-state index in [9.17, 15) is 4.79 Å². The standard InChI is InChI=1S/C50H65F3N8O11/c1-64-47-9-5-40(35-58-47)39-4-7-44-42(31-39)48-45(36-57-44)59-49(63)61(48)41-6-8-46(43(32-41)50(51,52)53)60-12-10-54-33-38(34-56-37-55-11-13-60)3-2-15-65-17-19-67-21-23-69-25-27-71-29-30-72-28-26-70-24-22-68-20-18-66-16-14-62/h4-9,31-37,62H,2-3,10-30H2,1H3,(H,55,56)(H,59,63)/b38-34-,54-33-. The maximum Gasteiger partial charge on any atom is 0.418 e. The van der Waals surface area contributed by atoms with Gasteiger partial charge < -0.3 is 62.9 Å². The molecule has 6 rings (SSSR count). The fraction of sp³-hybridized carbons (Fsp3) is 0.500. The van der Waals surface area contributed by atoms with Crippen molar-refractivity contribution in [1.29, 1.82) is 0 Å². The Hall–Kier alpha value is -5.82. The molecule has 0 bridgehead atoms. The lowest BCUT2D eigenvalue weighted by Gasteiger charge is -2.28. The minimum atomic E-state index is -4.75. The highest BCUT2D eigenvalue weighted by molar-refractivity contribution is 6.04. The Morgan fingerprint density at radius 2 is 1.33 bits per heavy atom. The predicted molar refractivity (Wildman–Crippen MR) is 267 cm³/mol. The zero-order chi connectivity index (χ0) is 50.6. The van der Waals surface area contributed by atoms with Crippen molar-refractivity contribution in [3.8, 4) is 22.7 Å². The van der Waals surface area contributed by atoms with Gasteiger partial charge in [0.2, 0.25) is 5.88 Å². The Labute approximate surface area is 415 Å². The molecule has 0 saturated heterocycles. The molecule has 0 spiro atoms. The topological polar surface area (TPSA) is 207 Å². The number of alkyl halides is 3. The van der Waals surface area contributed by atoms with Crippen molar-refractivity contribution in [3.63, 3.8) is 0 Å². The average Bonchev–Trinajstić information content (AvgIpc) is 3.73. The lowest BCUT2D eigenvalue weighted by Crippen LogP contribution is -2.35. The maximum atomic E-state index is 15.0. The van der Waals surface area contributed by atoms with Crippen molar-refractivity contribution < 1.29 is 60.9 Å². The second-order valence-corrected chi connectivity index (χ2v) is 16.0. The van der Waals surface area contributed by atoms with Gasteiger partial charge in [0.15, 0.2) is 0 Å². The van der Waals surface area contributed by atoms with Crippen molar-refractivity contribution in [2.24, 2.45) is 9.98 Å². The third-order valence-electron chi connectivity index (χ3n) is 11.0. The zero-order valence-electron chi connectivity index (χ0n) is 40.6. The molecule has 0 unspecified atom stereocenters. The number of rotatable bonds is 31. The number of allylic oxidation sites excluding steroid dienone is 1. The van der Waals surface area contributed by atoms with Gasteiger partial charge in [0.25, 0.3) is 0 Å². The number of hydrogen-bond donors (Lipinski definition) is 3. The van der Waals surface area contributed by atoms with Gasteiger partial charge in [0, 0.05) is 67.6 Å². The molecule has 3 N–H and O–H groups in total. The molecule has 72 heavy (non-hydrogen) atoms. The molecule has 0 amide bonds. The molecule has 0 fully saturated rings. The molecule has 0 aliphatic carbocycles. The number of hydrogen-bond acceptors (Lipinski definition) is 17. The van der Waals surface area contributed by atoms with Gasteiger partial charge in [-0.05, 0) is 60.4 Å². The molecule has 4 heterocycles. The molecular formula is C50H65F3N8O11. The number of ether oxygens (including phenoxy) is 9. The average molecular weight is 1010 g/mol. The fourth-order valence-electron chi connectivity index (χ4n) is 7.46. The van der Waals surface area contributed by atoms with Crippen LogP contribution in [0.25, 0.3) is 38.8 Å². The Bertz CT molecular complexity index is 2520. The molecule has 1 aliphatic rings. The summed E-state index contributed by atoms with van der Waals surface area (Å²) in [6, 6.07) is 13.0. The Morgan fingerprint density at radius 3 is 1.93 bits per heavy atom. The van der Waals surface area contributed by atoms with E-state index in [1.54, 1.807) is 35.6 Å². The number of methoxy groups -OCH3 is 1. The number of H-pyrrole nitrogens is 1. The SMILES string of the molecule is COc1ccc(-c2ccc3ncc4[nH]c(=O)n(-c5ccc(N6CC\N=C/C(CCCOCCOCCOCCOCCOCCOCCOCCOCCO)=C\N=C\NCC6)c(C(F)(F)F)c5)c4c3c2)cn1. The van der Waals surface area contributed by atoms with E-state index in [2.05, 4.69) is 30.3 Å². The molecule has 0 atom stereocenters. The highest BCUT2D eigenvalue weighted by Gasteiger charge is 2.36. The number of anilines is 1. The number of aromatic nitrogens is 4. The molecule has 2 aromatic carbocycles. The van der Waals surface area contributed by atoms with Gasteiger partial charge in [-0.2, -0.15) is 13.2 Å². The first-order valence-corrected chi connectivity index (χ1v) is 23.9. The van der Waals surface area contributed by atoms with Crippen molar-refractivity contribution >= 4 is 40.2 Å². The molecule has 22 heteroatoms. The predicted octanol–water partition coefficient (Wildman–Crippen LogP) is 5.25. The van der Waals surface area contributed by atoms with Crippen LogP contribution in [0.2, 0.25) is 0 Å². The summed E-state index contributed by atoms with van der Waals surface area (Å²) in [5, 5.41) is 12.3. The molecule has 1 aliphatic heterocycles. The van der Waals surface area contributed by atoms with Crippen LogP contribution >= 0.6 is 0 Å². The van der Waals surface area contributed by atoms with E-state index in [-0.39, 0.29) is 37.6 Å². The second kappa shape index (κ2) is 30.9. The van der Waals surface area contributed by atoms with Crippen LogP contribution in [0.15, 0.2) is 87.5 Å². The summed E-state index contributed by atoms with van der Waals surface area (Å²) < 4.78 is 95.3. The molecular weight excluding hydrogens is 946 g/mol. The molecule has 0 saturated carbocycles. The summed E-state index contributed by atoms with van der Waals surface area (Å²) in [6.07, 6.45) is 4.66. The number of nitrogens with zero attached hydrogens (tertiary/aromatic N) is 6. The Kier molecular flexibility index (Phi) is 23.8. The van der Waals surface area contributed by atoms with Gasteiger partial charge >= 0.3 is 11.9 Å². The van der Waals surface area contributed by atoms with Crippen LogP contribution in [0.4, 0.5) is 18.9 Å². The van der Waals surface area contributed by atoms with Crippen LogP contribution in [0.5, 0.6) is 5.88 Å². The monoisotopic (exact) mass is 1010 g/mol. The number of halogens is 3. The van der Waals surface area contributed by atoms with Gasteiger partial charge in [-0.25, -0.2) is 14.8 Å². The van der Waals surface area contributed by atoms with Crippen LogP contribution in [0.3, 0.4) is 0 Å². The lowest BCUT2D eigenvalue weighted by molar-refractivity contribution is -0.137. The summed E-state index contributed by atoms with van der Waals surface area (Å²) in [6.45, 7) is 8.10. The van der Waals surface area contributed by atoms with Crippen LogP contribution in [0, 0.1) is 0 Å². The largest absolute Gasteiger partial charge is 0.481 e. The van der Waals surface area contributed by atoms with E-state index in [1.807, 2.05) is 18.2 Å². The number of fused-ring (bicyclic) bond motifs is 3. The number of imidazole rings is 1. The molecule has 5 aromatic rings. The third kappa shape index (κ3) is 18.0. The Balaban J connectivity index is 0.897.